The summed E-state index contributed by atoms with van der Waals surface area (Å²) < 4.78 is 10.4. The van der Waals surface area contributed by atoms with Crippen LogP contribution in [-0.4, -0.2) is 25.9 Å². The Morgan fingerprint density at radius 3 is 2.25 bits per heavy atom. The van der Waals surface area contributed by atoms with Crippen LogP contribution in [0, 0.1) is 11.3 Å². The molecular weight excluding hydrogens is 154 g/mol. The second-order valence-corrected chi connectivity index (χ2v) is 3.25. The molecule has 12 heavy (non-hydrogen) atoms. The third kappa shape index (κ3) is 1.77. The first-order valence-electron chi connectivity index (χ1n) is 4.25. The quantitative estimate of drug-likeness (QED) is 0.628. The van der Waals surface area contributed by atoms with Gasteiger partial charge in [-0.3, -0.25) is 0 Å². The van der Waals surface area contributed by atoms with E-state index in [1.807, 2.05) is 0 Å². The summed E-state index contributed by atoms with van der Waals surface area (Å²) in [5.41, 5.74) is -0.533. The molecule has 0 amide bonds. The lowest BCUT2D eigenvalue weighted by atomic mass is 9.84. The summed E-state index contributed by atoms with van der Waals surface area (Å²) in [4.78, 5) is 0. The van der Waals surface area contributed by atoms with E-state index in [0.29, 0.717) is 6.10 Å². The maximum absolute atomic E-state index is 8.88. The maximum atomic E-state index is 8.88. The molecule has 0 aromatic heterocycles. The van der Waals surface area contributed by atoms with E-state index in [1.54, 1.807) is 14.2 Å². The van der Waals surface area contributed by atoms with Gasteiger partial charge in [-0.15, -0.1) is 0 Å². The number of nitriles is 1. The Kier molecular flexibility index (Phi) is 3.07. The molecule has 3 nitrogen and oxygen atoms in total. The SMILES string of the molecule is COC1CCC(C#N)(OC)CC1. The second kappa shape index (κ2) is 3.88. The summed E-state index contributed by atoms with van der Waals surface area (Å²) >= 11 is 0. The Labute approximate surface area is 73.3 Å². The molecule has 0 radical (unpaired) electrons. The summed E-state index contributed by atoms with van der Waals surface area (Å²) in [6.45, 7) is 0. The van der Waals surface area contributed by atoms with Gasteiger partial charge in [-0.2, -0.15) is 5.26 Å². The van der Waals surface area contributed by atoms with E-state index in [9.17, 15) is 0 Å². The van der Waals surface area contributed by atoms with Crippen LogP contribution < -0.4 is 0 Å². The minimum Gasteiger partial charge on any atom is -0.381 e. The number of hydrogen-bond acceptors (Lipinski definition) is 3. The van der Waals surface area contributed by atoms with Gasteiger partial charge in [0.05, 0.1) is 12.2 Å². The van der Waals surface area contributed by atoms with Crippen LogP contribution in [0.4, 0.5) is 0 Å². The predicted molar refractivity (Wildman–Crippen MR) is 44.6 cm³/mol. The van der Waals surface area contributed by atoms with Gasteiger partial charge in [-0.1, -0.05) is 0 Å². The summed E-state index contributed by atoms with van der Waals surface area (Å²) in [6, 6.07) is 2.23. The van der Waals surface area contributed by atoms with E-state index in [4.69, 9.17) is 14.7 Å². The molecule has 0 aliphatic heterocycles. The third-order valence-corrected chi connectivity index (χ3v) is 2.67. The molecule has 0 heterocycles. The average molecular weight is 169 g/mol. The average Bonchev–Trinajstić information content (AvgIpc) is 2.18. The third-order valence-electron chi connectivity index (χ3n) is 2.67. The smallest absolute Gasteiger partial charge is 0.154 e. The van der Waals surface area contributed by atoms with Crippen molar-refractivity contribution >= 4 is 0 Å². The van der Waals surface area contributed by atoms with Gasteiger partial charge in [0.15, 0.2) is 5.60 Å². The van der Waals surface area contributed by atoms with Gasteiger partial charge in [-0.05, 0) is 25.7 Å². The molecule has 68 valence electrons. The predicted octanol–water partition coefficient (Wildman–Crippen LogP) is 1.48. The van der Waals surface area contributed by atoms with Crippen LogP contribution in [0.3, 0.4) is 0 Å². The summed E-state index contributed by atoms with van der Waals surface area (Å²) in [5, 5.41) is 8.88. The molecule has 1 saturated carbocycles. The van der Waals surface area contributed by atoms with Crippen LogP contribution in [0.25, 0.3) is 0 Å². The van der Waals surface area contributed by atoms with E-state index < -0.39 is 5.60 Å². The zero-order valence-corrected chi connectivity index (χ0v) is 7.67. The van der Waals surface area contributed by atoms with E-state index in [2.05, 4.69) is 6.07 Å². The van der Waals surface area contributed by atoms with Crippen LogP contribution in [-0.2, 0) is 9.47 Å². The fourth-order valence-electron chi connectivity index (χ4n) is 1.65. The van der Waals surface area contributed by atoms with Crippen LogP contribution >= 0.6 is 0 Å². The number of rotatable bonds is 2. The highest BCUT2D eigenvalue weighted by Gasteiger charge is 2.35. The fourth-order valence-corrected chi connectivity index (χ4v) is 1.65. The topological polar surface area (TPSA) is 42.2 Å². The summed E-state index contributed by atoms with van der Waals surface area (Å²) in [5.74, 6) is 0. The monoisotopic (exact) mass is 169 g/mol. The molecule has 0 aromatic carbocycles. The molecule has 0 unspecified atom stereocenters. The normalized spacial score (nSPS) is 35.9. The first kappa shape index (κ1) is 9.50. The fraction of sp³-hybridized carbons (Fsp3) is 0.889. The van der Waals surface area contributed by atoms with Gasteiger partial charge >= 0.3 is 0 Å². The molecule has 0 bridgehead atoms. The molecule has 0 N–H and O–H groups in total. The first-order valence-corrected chi connectivity index (χ1v) is 4.25. The standard InChI is InChI=1S/C9H15NO2/c1-11-8-3-5-9(7-10,12-2)6-4-8/h8H,3-6H2,1-2H3. The lowest BCUT2D eigenvalue weighted by molar-refractivity contribution is -0.0354. The van der Waals surface area contributed by atoms with Crippen molar-refractivity contribution < 1.29 is 9.47 Å². The lowest BCUT2D eigenvalue weighted by Crippen LogP contribution is -2.36. The van der Waals surface area contributed by atoms with Crippen LogP contribution in [0.5, 0.6) is 0 Å². The Bertz CT molecular complexity index is 177. The molecular formula is C9H15NO2. The number of ether oxygens (including phenoxy) is 2. The van der Waals surface area contributed by atoms with Gasteiger partial charge in [0.1, 0.15) is 0 Å². The van der Waals surface area contributed by atoms with Crippen LogP contribution in [0.15, 0.2) is 0 Å². The summed E-state index contributed by atoms with van der Waals surface area (Å²) in [7, 11) is 3.33. The minimum atomic E-state index is -0.533. The molecule has 0 saturated heterocycles. The number of nitrogens with zero attached hydrogens (tertiary/aromatic N) is 1. The number of hydrogen-bond donors (Lipinski definition) is 0. The van der Waals surface area contributed by atoms with Crippen LogP contribution in [0.2, 0.25) is 0 Å². The maximum Gasteiger partial charge on any atom is 0.154 e. The van der Waals surface area contributed by atoms with Crippen molar-refractivity contribution in [1.29, 1.82) is 5.26 Å². The van der Waals surface area contributed by atoms with Crippen molar-refractivity contribution in [3.05, 3.63) is 0 Å². The highest BCUT2D eigenvalue weighted by Crippen LogP contribution is 2.31. The molecule has 3 heteroatoms. The Hall–Kier alpha value is -0.590. The minimum absolute atomic E-state index is 0.321. The highest BCUT2D eigenvalue weighted by molar-refractivity contribution is 5.04. The summed E-state index contributed by atoms with van der Waals surface area (Å²) in [6.07, 6.45) is 3.76. The van der Waals surface area contributed by atoms with E-state index >= 15 is 0 Å². The van der Waals surface area contributed by atoms with Crippen molar-refractivity contribution in [2.75, 3.05) is 14.2 Å². The molecule has 0 atom stereocenters. The molecule has 1 rings (SSSR count). The van der Waals surface area contributed by atoms with E-state index in [1.165, 1.54) is 0 Å². The molecule has 1 aliphatic rings. The van der Waals surface area contributed by atoms with Crippen LogP contribution in [0.1, 0.15) is 25.7 Å². The molecule has 1 fully saturated rings. The highest BCUT2D eigenvalue weighted by atomic mass is 16.5. The first-order chi connectivity index (χ1) is 5.76. The zero-order valence-electron chi connectivity index (χ0n) is 7.67. The Morgan fingerprint density at radius 2 is 1.92 bits per heavy atom. The van der Waals surface area contributed by atoms with Crippen molar-refractivity contribution in [3.63, 3.8) is 0 Å². The molecule has 1 aliphatic carbocycles. The van der Waals surface area contributed by atoms with Crippen molar-refractivity contribution in [2.45, 2.75) is 37.4 Å². The van der Waals surface area contributed by atoms with Crippen molar-refractivity contribution in [1.82, 2.24) is 0 Å². The Morgan fingerprint density at radius 1 is 1.33 bits per heavy atom. The largest absolute Gasteiger partial charge is 0.381 e. The Balaban J connectivity index is 2.49. The van der Waals surface area contributed by atoms with Gasteiger partial charge in [0.2, 0.25) is 0 Å². The van der Waals surface area contributed by atoms with Gasteiger partial charge in [0.25, 0.3) is 0 Å². The molecule has 0 aromatic rings. The second-order valence-electron chi connectivity index (χ2n) is 3.25. The van der Waals surface area contributed by atoms with Gasteiger partial charge < -0.3 is 9.47 Å². The van der Waals surface area contributed by atoms with Crippen molar-refractivity contribution in [3.8, 4) is 6.07 Å². The number of methoxy groups -OCH3 is 2. The lowest BCUT2D eigenvalue weighted by Gasteiger charge is -2.32. The van der Waals surface area contributed by atoms with E-state index in [-0.39, 0.29) is 0 Å². The zero-order chi connectivity index (χ0) is 9.03. The van der Waals surface area contributed by atoms with E-state index in [0.717, 1.165) is 25.7 Å². The van der Waals surface area contributed by atoms with Crippen molar-refractivity contribution in [2.24, 2.45) is 0 Å². The molecule has 0 spiro atoms. The van der Waals surface area contributed by atoms with Gasteiger partial charge in [-0.25, -0.2) is 0 Å². The van der Waals surface area contributed by atoms with Gasteiger partial charge in [0, 0.05) is 14.2 Å².